The van der Waals surface area contributed by atoms with E-state index in [2.05, 4.69) is 10.6 Å². The highest BCUT2D eigenvalue weighted by atomic mass is 35.5. The highest BCUT2D eigenvalue weighted by Gasteiger charge is 2.24. The zero-order chi connectivity index (χ0) is 16.9. The van der Waals surface area contributed by atoms with Crippen molar-refractivity contribution < 1.29 is 9.18 Å². The van der Waals surface area contributed by atoms with E-state index in [9.17, 15) is 9.18 Å². The van der Waals surface area contributed by atoms with Gasteiger partial charge in [0.25, 0.3) is 0 Å². The van der Waals surface area contributed by atoms with Crippen molar-refractivity contribution >= 4 is 17.5 Å². The number of nitrogens with one attached hydrogen (secondary N) is 2. The Kier molecular flexibility index (Phi) is 6.12. The fourth-order valence-corrected chi connectivity index (χ4v) is 4.37. The van der Waals surface area contributed by atoms with Crippen molar-refractivity contribution in [2.75, 3.05) is 13.1 Å². The summed E-state index contributed by atoms with van der Waals surface area (Å²) in [5, 5.41) is 6.97. The number of benzene rings is 1. The highest BCUT2D eigenvalue weighted by molar-refractivity contribution is 6.31. The maximum Gasteiger partial charge on any atom is 0.221 e. The minimum atomic E-state index is -0.264. The molecule has 2 N–H and O–H groups in total. The molecule has 132 valence electrons. The van der Waals surface area contributed by atoms with Crippen molar-refractivity contribution in [3.63, 3.8) is 0 Å². The first-order valence-electron chi connectivity index (χ1n) is 9.07. The molecule has 5 heteroatoms. The van der Waals surface area contributed by atoms with Crippen LogP contribution in [-0.4, -0.2) is 25.0 Å². The number of carbonyl (C=O) groups is 1. The van der Waals surface area contributed by atoms with Crippen LogP contribution in [0, 0.1) is 11.7 Å². The molecule has 0 spiro atoms. The Morgan fingerprint density at radius 1 is 1.21 bits per heavy atom. The lowest BCUT2D eigenvalue weighted by Gasteiger charge is -2.30. The summed E-state index contributed by atoms with van der Waals surface area (Å²) in [7, 11) is 0. The molecule has 1 saturated heterocycles. The third kappa shape index (κ3) is 4.70. The van der Waals surface area contributed by atoms with Crippen LogP contribution in [0.4, 0.5) is 4.39 Å². The molecule has 1 amide bonds. The number of carbonyl (C=O) groups excluding carboxylic acids is 1. The molecule has 0 radical (unpaired) electrons. The fraction of sp³-hybridized carbons (Fsp3) is 0.632. The summed E-state index contributed by atoms with van der Waals surface area (Å²) in [4.78, 5) is 11.4. The van der Waals surface area contributed by atoms with Crippen LogP contribution in [0.5, 0.6) is 0 Å². The topological polar surface area (TPSA) is 41.1 Å². The van der Waals surface area contributed by atoms with E-state index in [1.165, 1.54) is 31.4 Å². The van der Waals surface area contributed by atoms with Gasteiger partial charge in [0.05, 0.1) is 0 Å². The van der Waals surface area contributed by atoms with Gasteiger partial charge in [0.1, 0.15) is 5.82 Å². The average Bonchev–Trinajstić information content (AvgIpc) is 2.56. The summed E-state index contributed by atoms with van der Waals surface area (Å²) in [5.41, 5.74) is 1.10. The zero-order valence-corrected chi connectivity index (χ0v) is 14.7. The molecule has 3 nitrogen and oxygen atoms in total. The molecule has 1 heterocycles. The summed E-state index contributed by atoms with van der Waals surface area (Å²) in [6.45, 7) is 1.78. The van der Waals surface area contributed by atoms with E-state index in [4.69, 9.17) is 11.6 Å². The summed E-state index contributed by atoms with van der Waals surface area (Å²) >= 11 is 6.20. The van der Waals surface area contributed by atoms with Crippen LogP contribution in [0.2, 0.25) is 5.02 Å². The molecule has 1 aliphatic heterocycles. The van der Waals surface area contributed by atoms with Crippen molar-refractivity contribution in [1.82, 2.24) is 10.6 Å². The normalized spacial score (nSPS) is 27.8. The molecule has 1 aliphatic carbocycles. The van der Waals surface area contributed by atoms with Crippen LogP contribution < -0.4 is 10.6 Å². The van der Waals surface area contributed by atoms with Crippen molar-refractivity contribution in [2.45, 2.75) is 56.9 Å². The Bertz CT molecular complexity index is 572. The zero-order valence-electron chi connectivity index (χ0n) is 14.0. The lowest BCUT2D eigenvalue weighted by atomic mass is 9.77. The van der Waals surface area contributed by atoms with Crippen LogP contribution >= 0.6 is 11.6 Å². The molecular formula is C19H26ClFN2O. The van der Waals surface area contributed by atoms with Gasteiger partial charge in [0.15, 0.2) is 0 Å². The lowest BCUT2D eigenvalue weighted by molar-refractivity contribution is -0.122. The molecule has 1 saturated carbocycles. The number of hydrogen-bond donors (Lipinski definition) is 2. The van der Waals surface area contributed by atoms with Gasteiger partial charge in [0, 0.05) is 24.0 Å². The Labute approximate surface area is 148 Å². The molecule has 2 aliphatic rings. The standard InChI is InChI=1S/C19H26ClFN2O/c20-18-11-15(21)5-6-17(18)14-3-1-13(2-4-14)7-9-22-16-8-10-23-19(24)12-16/h5-6,11,13-14,16,22H,1-4,7-10,12H2,(H,23,24). The molecule has 0 aromatic heterocycles. The molecule has 1 atom stereocenters. The maximum absolute atomic E-state index is 13.2. The third-order valence-electron chi connectivity index (χ3n) is 5.48. The van der Waals surface area contributed by atoms with Crippen molar-refractivity contribution in [1.29, 1.82) is 0 Å². The van der Waals surface area contributed by atoms with E-state index in [1.54, 1.807) is 0 Å². The Balaban J connectivity index is 1.40. The minimum absolute atomic E-state index is 0.162. The third-order valence-corrected chi connectivity index (χ3v) is 5.81. The SMILES string of the molecule is O=C1CC(NCCC2CCC(c3ccc(F)cc3Cl)CC2)CCN1. The van der Waals surface area contributed by atoms with Gasteiger partial charge in [-0.15, -0.1) is 0 Å². The van der Waals surface area contributed by atoms with E-state index in [0.717, 1.165) is 43.8 Å². The molecule has 1 aromatic carbocycles. The fourth-order valence-electron chi connectivity index (χ4n) is 4.04. The summed E-state index contributed by atoms with van der Waals surface area (Å²) < 4.78 is 13.2. The smallest absolute Gasteiger partial charge is 0.221 e. The quantitative estimate of drug-likeness (QED) is 0.840. The van der Waals surface area contributed by atoms with Gasteiger partial charge in [-0.1, -0.05) is 17.7 Å². The van der Waals surface area contributed by atoms with E-state index in [-0.39, 0.29) is 11.7 Å². The first-order chi connectivity index (χ1) is 11.6. The van der Waals surface area contributed by atoms with Crippen LogP contribution in [0.1, 0.15) is 56.4 Å². The Hall–Kier alpha value is -1.13. The average molecular weight is 353 g/mol. The predicted octanol–water partition coefficient (Wildman–Crippen LogP) is 4.01. The van der Waals surface area contributed by atoms with Gasteiger partial charge in [0.2, 0.25) is 5.91 Å². The summed E-state index contributed by atoms with van der Waals surface area (Å²) in [6, 6.07) is 5.12. The molecular weight excluding hydrogens is 327 g/mol. The van der Waals surface area contributed by atoms with Gasteiger partial charge in [-0.2, -0.15) is 0 Å². The molecule has 0 bridgehead atoms. The first kappa shape index (κ1) is 17.7. The van der Waals surface area contributed by atoms with Crippen LogP contribution in [0.15, 0.2) is 18.2 Å². The summed E-state index contributed by atoms with van der Waals surface area (Å²) in [6.07, 6.45) is 7.46. The first-order valence-corrected chi connectivity index (χ1v) is 9.44. The van der Waals surface area contributed by atoms with Crippen molar-refractivity contribution in [3.05, 3.63) is 34.6 Å². The molecule has 1 aromatic rings. The predicted molar refractivity (Wildman–Crippen MR) is 94.8 cm³/mol. The number of halogens is 2. The molecule has 1 unspecified atom stereocenters. The second-order valence-corrected chi connectivity index (χ2v) is 7.57. The number of hydrogen-bond acceptors (Lipinski definition) is 2. The maximum atomic E-state index is 13.2. The van der Waals surface area contributed by atoms with Gasteiger partial charge < -0.3 is 10.6 Å². The monoisotopic (exact) mass is 352 g/mol. The van der Waals surface area contributed by atoms with E-state index in [1.807, 2.05) is 6.07 Å². The number of amides is 1. The van der Waals surface area contributed by atoms with E-state index < -0.39 is 0 Å². The van der Waals surface area contributed by atoms with Crippen molar-refractivity contribution in [2.24, 2.45) is 5.92 Å². The number of rotatable bonds is 5. The van der Waals surface area contributed by atoms with Gasteiger partial charge in [-0.3, -0.25) is 4.79 Å². The second-order valence-electron chi connectivity index (χ2n) is 7.17. The van der Waals surface area contributed by atoms with Crippen molar-refractivity contribution in [3.8, 4) is 0 Å². The Morgan fingerprint density at radius 2 is 2.00 bits per heavy atom. The van der Waals surface area contributed by atoms with Gasteiger partial charge in [-0.05, 0) is 74.6 Å². The lowest BCUT2D eigenvalue weighted by Crippen LogP contribution is -2.43. The van der Waals surface area contributed by atoms with Gasteiger partial charge in [-0.25, -0.2) is 4.39 Å². The van der Waals surface area contributed by atoms with E-state index >= 15 is 0 Å². The molecule has 24 heavy (non-hydrogen) atoms. The Morgan fingerprint density at radius 3 is 2.71 bits per heavy atom. The minimum Gasteiger partial charge on any atom is -0.356 e. The largest absolute Gasteiger partial charge is 0.356 e. The van der Waals surface area contributed by atoms with E-state index in [0.29, 0.717) is 23.4 Å². The van der Waals surface area contributed by atoms with Gasteiger partial charge >= 0.3 is 0 Å². The van der Waals surface area contributed by atoms with Crippen LogP contribution in [-0.2, 0) is 4.79 Å². The highest BCUT2D eigenvalue weighted by Crippen LogP contribution is 2.39. The second kappa shape index (κ2) is 8.30. The molecule has 3 rings (SSSR count). The number of piperidine rings is 1. The molecule has 2 fully saturated rings. The van der Waals surface area contributed by atoms with Crippen LogP contribution in [0.25, 0.3) is 0 Å². The summed E-state index contributed by atoms with van der Waals surface area (Å²) in [5.74, 6) is 1.10. The van der Waals surface area contributed by atoms with Crippen LogP contribution in [0.3, 0.4) is 0 Å².